The Kier molecular flexibility index (Phi) is 9.60. The third-order valence-corrected chi connectivity index (χ3v) is 19.0. The van der Waals surface area contributed by atoms with Gasteiger partial charge in [-0.2, -0.15) is 11.8 Å². The summed E-state index contributed by atoms with van der Waals surface area (Å²) in [6.45, 7) is 37.3. The molecule has 4 heteroatoms. The van der Waals surface area contributed by atoms with Gasteiger partial charge in [-0.3, -0.25) is 0 Å². The van der Waals surface area contributed by atoms with Gasteiger partial charge >= 0.3 is 0 Å². The molecule has 328 valence electrons. The summed E-state index contributed by atoms with van der Waals surface area (Å²) in [6.07, 6.45) is 4.92. The van der Waals surface area contributed by atoms with Crippen LogP contribution in [0.5, 0.6) is 0 Å². The third-order valence-electron chi connectivity index (χ3n) is 16.9. The first-order valence-corrected chi connectivity index (χ1v) is 25.2. The first-order chi connectivity index (χ1) is 29.4. The standard InChI is InChI=1S/C59H73BN2S/c1-36-33-45-49-46(34-36)62(44-28-23-39(55(5,6)7)35-41(44)37-19-17-16-18-20-37)50-43(27-26-42-47(50)57(10,11)30-29-56(42,8)9)60(49)53-51(48-52(63-53)59(14,15)32-31-58(48,12)13)61(45)40-24-21-38(22-25-40)54(2,3)4/h16-28,33-35,48,51-53H,29-32H2,1-15H3. The number of hydrogen-bond donors (Lipinski definition) is 0. The predicted octanol–water partition coefficient (Wildman–Crippen LogP) is 15.0. The lowest BCUT2D eigenvalue weighted by Crippen LogP contribution is -2.67. The highest BCUT2D eigenvalue weighted by Crippen LogP contribution is 2.65. The zero-order valence-corrected chi connectivity index (χ0v) is 42.1. The monoisotopic (exact) mass is 853 g/mol. The van der Waals surface area contributed by atoms with E-state index in [-0.39, 0.29) is 39.2 Å². The van der Waals surface area contributed by atoms with Gasteiger partial charge in [0, 0.05) is 44.8 Å². The number of benzene rings is 5. The molecular formula is C59H73BN2S. The van der Waals surface area contributed by atoms with E-state index in [1.165, 1.54) is 98.4 Å². The summed E-state index contributed by atoms with van der Waals surface area (Å²) < 4.78 is 0. The Morgan fingerprint density at radius 1 is 0.619 bits per heavy atom. The van der Waals surface area contributed by atoms with Crippen molar-refractivity contribution < 1.29 is 0 Å². The van der Waals surface area contributed by atoms with Crippen LogP contribution in [-0.4, -0.2) is 23.2 Å². The number of aryl methyl sites for hydroxylation is 1. The Balaban J connectivity index is 1.34. The van der Waals surface area contributed by atoms with E-state index in [1.54, 1.807) is 5.56 Å². The van der Waals surface area contributed by atoms with Crippen molar-refractivity contribution in [3.63, 3.8) is 0 Å². The van der Waals surface area contributed by atoms with Gasteiger partial charge in [-0.05, 0) is 152 Å². The van der Waals surface area contributed by atoms with E-state index < -0.39 is 0 Å². The summed E-state index contributed by atoms with van der Waals surface area (Å²) in [5, 5.41) is 0.957. The van der Waals surface area contributed by atoms with Crippen molar-refractivity contribution in [3.8, 4) is 11.1 Å². The molecule has 4 unspecified atom stereocenters. The van der Waals surface area contributed by atoms with Gasteiger partial charge in [0.05, 0.1) is 5.69 Å². The fourth-order valence-corrected chi connectivity index (χ4v) is 15.4. The second kappa shape index (κ2) is 14.1. The average molecular weight is 853 g/mol. The maximum atomic E-state index is 2.90. The number of hydrogen-bond acceptors (Lipinski definition) is 3. The molecule has 2 fully saturated rings. The van der Waals surface area contributed by atoms with Crippen LogP contribution in [-0.2, 0) is 21.7 Å². The van der Waals surface area contributed by atoms with Crippen molar-refractivity contribution in [2.24, 2.45) is 16.7 Å². The predicted molar refractivity (Wildman–Crippen MR) is 277 cm³/mol. The van der Waals surface area contributed by atoms with Gasteiger partial charge in [-0.1, -0.05) is 158 Å². The molecule has 5 aromatic carbocycles. The molecular weight excluding hydrogens is 780 g/mol. The molecule has 1 saturated heterocycles. The molecule has 1 saturated carbocycles. The third kappa shape index (κ3) is 6.63. The van der Waals surface area contributed by atoms with E-state index in [9.17, 15) is 0 Å². The largest absolute Gasteiger partial charge is 0.338 e. The van der Waals surface area contributed by atoms with Crippen LogP contribution in [0.15, 0.2) is 97.1 Å². The van der Waals surface area contributed by atoms with E-state index in [4.69, 9.17) is 0 Å². The fraction of sp³-hybridized carbons (Fsp3) is 0.492. The molecule has 0 bridgehead atoms. The molecule has 4 atom stereocenters. The van der Waals surface area contributed by atoms with Crippen LogP contribution < -0.4 is 20.7 Å². The molecule has 3 heterocycles. The molecule has 10 rings (SSSR count). The SMILES string of the molecule is Cc1cc2c3c(c1)N(c1ccc(C(C)(C)C)cc1)C1C(SC4C1C(C)(C)CCC4(C)C)B3c1ccc3c(c1N2c1ccc(C(C)(C)C)cc1-c1ccccc1)C(C)(C)CCC3(C)C. The van der Waals surface area contributed by atoms with Gasteiger partial charge in [0.15, 0.2) is 0 Å². The van der Waals surface area contributed by atoms with Crippen molar-refractivity contribution in [2.75, 3.05) is 9.80 Å². The van der Waals surface area contributed by atoms with Crippen LogP contribution in [0.4, 0.5) is 28.4 Å². The van der Waals surface area contributed by atoms with E-state index in [0.29, 0.717) is 22.4 Å². The minimum Gasteiger partial charge on any atom is -0.338 e. The second-order valence-corrected chi connectivity index (χ2v) is 26.6. The van der Waals surface area contributed by atoms with Crippen molar-refractivity contribution in [3.05, 3.63) is 125 Å². The maximum absolute atomic E-state index is 2.90. The van der Waals surface area contributed by atoms with Crippen LogP contribution in [0.2, 0.25) is 0 Å². The lowest BCUT2D eigenvalue weighted by Gasteiger charge is -2.55. The fourth-order valence-electron chi connectivity index (χ4n) is 13.0. The average Bonchev–Trinajstić information content (AvgIpc) is 3.63. The van der Waals surface area contributed by atoms with Crippen molar-refractivity contribution in [1.82, 2.24) is 0 Å². The Morgan fingerprint density at radius 2 is 1.24 bits per heavy atom. The van der Waals surface area contributed by atoms with E-state index in [1.807, 2.05) is 0 Å². The molecule has 0 aromatic heterocycles. The Labute approximate surface area is 386 Å². The van der Waals surface area contributed by atoms with E-state index in [0.717, 1.165) is 0 Å². The van der Waals surface area contributed by atoms with Crippen molar-refractivity contribution in [2.45, 2.75) is 168 Å². The Hall–Kier alpha value is -3.89. The van der Waals surface area contributed by atoms with Gasteiger partial charge in [-0.25, -0.2) is 0 Å². The molecule has 2 aliphatic carbocycles. The molecule has 63 heavy (non-hydrogen) atoms. The number of thioether (sulfide) groups is 1. The van der Waals surface area contributed by atoms with Gasteiger partial charge in [0.1, 0.15) is 0 Å². The second-order valence-electron chi connectivity index (χ2n) is 25.3. The quantitative estimate of drug-likeness (QED) is 0.167. The Bertz CT molecular complexity index is 2620. The number of rotatable bonds is 3. The van der Waals surface area contributed by atoms with Crippen molar-refractivity contribution >= 4 is 57.8 Å². The topological polar surface area (TPSA) is 6.48 Å². The van der Waals surface area contributed by atoms with Crippen LogP contribution in [0.25, 0.3) is 11.1 Å². The first kappa shape index (κ1) is 43.0. The molecule has 0 radical (unpaired) electrons. The van der Waals surface area contributed by atoms with Gasteiger partial charge in [0.2, 0.25) is 6.71 Å². The van der Waals surface area contributed by atoms with Gasteiger partial charge < -0.3 is 9.80 Å². The summed E-state index contributed by atoms with van der Waals surface area (Å²) in [6, 6.07) is 39.2. The zero-order valence-electron chi connectivity index (χ0n) is 41.3. The molecule has 0 N–H and O–H groups in total. The van der Waals surface area contributed by atoms with Gasteiger partial charge in [0.25, 0.3) is 0 Å². The minimum absolute atomic E-state index is 0.00651. The summed E-state index contributed by atoms with van der Waals surface area (Å²) in [5.74, 6) is 0.541. The molecule has 2 nitrogen and oxygen atoms in total. The van der Waals surface area contributed by atoms with E-state index >= 15 is 0 Å². The molecule has 5 aromatic rings. The van der Waals surface area contributed by atoms with Crippen molar-refractivity contribution in [1.29, 1.82) is 0 Å². The molecule has 0 spiro atoms. The number of anilines is 5. The highest BCUT2D eigenvalue weighted by Gasteiger charge is 2.65. The number of fused-ring (bicyclic) bond motifs is 8. The van der Waals surface area contributed by atoms with Gasteiger partial charge in [-0.15, -0.1) is 0 Å². The summed E-state index contributed by atoms with van der Waals surface area (Å²) in [7, 11) is 0. The van der Waals surface area contributed by atoms with Crippen LogP contribution in [0.3, 0.4) is 0 Å². The normalized spacial score (nSPS) is 24.8. The molecule has 3 aliphatic heterocycles. The number of nitrogens with zero attached hydrogens (tertiary/aromatic N) is 2. The minimum atomic E-state index is 0.00651. The molecule has 0 amide bonds. The smallest absolute Gasteiger partial charge is 0.232 e. The molecule has 5 aliphatic rings. The zero-order chi connectivity index (χ0) is 45.0. The lowest BCUT2D eigenvalue weighted by molar-refractivity contribution is 0.0580. The summed E-state index contributed by atoms with van der Waals surface area (Å²) in [4.78, 5) is 5.70. The lowest BCUT2D eigenvalue weighted by atomic mass is 9.32. The van der Waals surface area contributed by atoms with Crippen LogP contribution in [0, 0.1) is 23.7 Å². The van der Waals surface area contributed by atoms with Crippen LogP contribution in [0.1, 0.15) is 150 Å². The van der Waals surface area contributed by atoms with Crippen LogP contribution >= 0.6 is 11.8 Å². The highest BCUT2D eigenvalue weighted by atomic mass is 32.2. The maximum Gasteiger partial charge on any atom is 0.232 e. The summed E-state index contributed by atoms with van der Waals surface area (Å²) in [5.41, 5.74) is 20.4. The highest BCUT2D eigenvalue weighted by molar-refractivity contribution is 8.02. The summed E-state index contributed by atoms with van der Waals surface area (Å²) >= 11 is 2.38. The Morgan fingerprint density at radius 3 is 1.90 bits per heavy atom. The first-order valence-electron chi connectivity index (χ1n) is 24.3. The van der Waals surface area contributed by atoms with E-state index in [2.05, 4.69) is 222 Å².